The van der Waals surface area contributed by atoms with Crippen molar-refractivity contribution in [1.29, 1.82) is 0 Å². The third-order valence-electron chi connectivity index (χ3n) is 3.55. The molecule has 0 amide bonds. The van der Waals surface area contributed by atoms with Crippen LogP contribution in [-0.4, -0.2) is 18.6 Å². The van der Waals surface area contributed by atoms with Gasteiger partial charge in [-0.25, -0.2) is 4.39 Å². The van der Waals surface area contributed by atoms with E-state index in [9.17, 15) is 4.39 Å². The van der Waals surface area contributed by atoms with E-state index in [0.29, 0.717) is 18.7 Å². The number of anilines is 1. The number of hydrogen-bond acceptors (Lipinski definition) is 3. The predicted molar refractivity (Wildman–Crippen MR) is 83.6 cm³/mol. The van der Waals surface area contributed by atoms with Crippen LogP contribution >= 0.6 is 0 Å². The van der Waals surface area contributed by atoms with Crippen LogP contribution in [0, 0.1) is 5.82 Å². The number of ether oxygens (including phenoxy) is 1. The summed E-state index contributed by atoms with van der Waals surface area (Å²) in [5, 5.41) is 0. The highest BCUT2D eigenvalue weighted by molar-refractivity contribution is 5.46. The summed E-state index contributed by atoms with van der Waals surface area (Å²) in [6.45, 7) is 4.08. The molecule has 0 aliphatic heterocycles. The molecule has 0 saturated carbocycles. The molecule has 0 heterocycles. The van der Waals surface area contributed by atoms with Crippen molar-refractivity contribution < 1.29 is 9.13 Å². The summed E-state index contributed by atoms with van der Waals surface area (Å²) >= 11 is 0. The molecule has 0 radical (unpaired) electrons. The molecule has 4 heteroatoms. The fourth-order valence-corrected chi connectivity index (χ4v) is 2.28. The van der Waals surface area contributed by atoms with E-state index in [1.165, 1.54) is 7.11 Å². The van der Waals surface area contributed by atoms with Crippen LogP contribution in [-0.2, 0) is 13.1 Å². The van der Waals surface area contributed by atoms with Gasteiger partial charge in [0.15, 0.2) is 11.6 Å². The molecule has 21 heavy (non-hydrogen) atoms. The van der Waals surface area contributed by atoms with Gasteiger partial charge in [-0.05, 0) is 24.2 Å². The Morgan fingerprint density at radius 3 is 2.38 bits per heavy atom. The Balaban J connectivity index is 2.15. The standard InChI is InChI=1S/C17H21FN2O/c1-3-20(11-13-7-4-5-9-15(13)19)12-14-8-6-10-16(21-2)17(14)18/h4-10H,3,11-12,19H2,1-2H3. The minimum atomic E-state index is -0.292. The lowest BCUT2D eigenvalue weighted by Gasteiger charge is -2.22. The third kappa shape index (κ3) is 3.73. The van der Waals surface area contributed by atoms with Crippen molar-refractivity contribution in [3.05, 3.63) is 59.4 Å². The summed E-state index contributed by atoms with van der Waals surface area (Å²) in [7, 11) is 1.48. The Kier molecular flexibility index (Phi) is 5.17. The van der Waals surface area contributed by atoms with Gasteiger partial charge in [-0.2, -0.15) is 0 Å². The van der Waals surface area contributed by atoms with E-state index in [0.717, 1.165) is 17.8 Å². The lowest BCUT2D eigenvalue weighted by Crippen LogP contribution is -2.23. The van der Waals surface area contributed by atoms with Crippen molar-refractivity contribution in [2.75, 3.05) is 19.4 Å². The molecule has 2 N–H and O–H groups in total. The summed E-state index contributed by atoms with van der Waals surface area (Å²) < 4.78 is 19.2. The Hall–Kier alpha value is -2.07. The quantitative estimate of drug-likeness (QED) is 0.828. The van der Waals surface area contributed by atoms with Crippen LogP contribution in [0.2, 0.25) is 0 Å². The smallest absolute Gasteiger partial charge is 0.169 e. The highest BCUT2D eigenvalue weighted by Gasteiger charge is 2.12. The van der Waals surface area contributed by atoms with Gasteiger partial charge >= 0.3 is 0 Å². The lowest BCUT2D eigenvalue weighted by atomic mass is 10.1. The van der Waals surface area contributed by atoms with Gasteiger partial charge in [0.05, 0.1) is 7.11 Å². The van der Waals surface area contributed by atoms with Crippen LogP contribution in [0.5, 0.6) is 5.75 Å². The first-order chi connectivity index (χ1) is 10.2. The number of hydrogen-bond donors (Lipinski definition) is 1. The lowest BCUT2D eigenvalue weighted by molar-refractivity contribution is 0.266. The zero-order valence-corrected chi connectivity index (χ0v) is 12.5. The van der Waals surface area contributed by atoms with Crippen molar-refractivity contribution in [2.24, 2.45) is 0 Å². The Labute approximate surface area is 125 Å². The van der Waals surface area contributed by atoms with E-state index in [2.05, 4.69) is 11.8 Å². The fourth-order valence-electron chi connectivity index (χ4n) is 2.28. The summed E-state index contributed by atoms with van der Waals surface area (Å²) in [6.07, 6.45) is 0. The van der Waals surface area contributed by atoms with Crippen LogP contribution in [0.15, 0.2) is 42.5 Å². The Morgan fingerprint density at radius 2 is 1.71 bits per heavy atom. The molecule has 2 aromatic rings. The van der Waals surface area contributed by atoms with Crippen molar-refractivity contribution in [2.45, 2.75) is 20.0 Å². The third-order valence-corrected chi connectivity index (χ3v) is 3.55. The molecule has 0 aliphatic rings. The van der Waals surface area contributed by atoms with Gasteiger partial charge < -0.3 is 10.5 Å². The number of nitrogens with zero attached hydrogens (tertiary/aromatic N) is 1. The van der Waals surface area contributed by atoms with E-state index in [1.807, 2.05) is 30.3 Å². The minimum absolute atomic E-state index is 0.280. The number of halogens is 1. The molecule has 112 valence electrons. The molecule has 0 fully saturated rings. The molecule has 0 atom stereocenters. The van der Waals surface area contributed by atoms with Crippen molar-refractivity contribution in [1.82, 2.24) is 4.90 Å². The molecular formula is C17H21FN2O. The first kappa shape index (κ1) is 15.3. The molecule has 3 nitrogen and oxygen atoms in total. The summed E-state index contributed by atoms with van der Waals surface area (Å²) in [6, 6.07) is 13.0. The number of nitrogens with two attached hydrogens (primary N) is 1. The van der Waals surface area contributed by atoms with Gasteiger partial charge in [-0.1, -0.05) is 37.3 Å². The average Bonchev–Trinajstić information content (AvgIpc) is 2.50. The molecular weight excluding hydrogens is 267 g/mol. The number of methoxy groups -OCH3 is 1. The maximum absolute atomic E-state index is 14.2. The van der Waals surface area contributed by atoms with Crippen molar-refractivity contribution >= 4 is 5.69 Å². The largest absolute Gasteiger partial charge is 0.494 e. The van der Waals surface area contributed by atoms with Crippen molar-refractivity contribution in [3.8, 4) is 5.75 Å². The SMILES string of the molecule is CCN(Cc1ccccc1N)Cc1cccc(OC)c1F. The van der Waals surface area contributed by atoms with E-state index < -0.39 is 0 Å². The highest BCUT2D eigenvalue weighted by Crippen LogP contribution is 2.22. The van der Waals surface area contributed by atoms with Crippen LogP contribution in [0.3, 0.4) is 0 Å². The topological polar surface area (TPSA) is 38.5 Å². The van der Waals surface area contributed by atoms with E-state index in [1.54, 1.807) is 12.1 Å². The number of rotatable bonds is 6. The molecule has 0 bridgehead atoms. The Bertz CT molecular complexity index is 601. The van der Waals surface area contributed by atoms with Crippen LogP contribution < -0.4 is 10.5 Å². The maximum Gasteiger partial charge on any atom is 0.169 e. The van der Waals surface area contributed by atoms with Gasteiger partial charge in [-0.3, -0.25) is 4.90 Å². The van der Waals surface area contributed by atoms with Crippen molar-refractivity contribution in [3.63, 3.8) is 0 Å². The van der Waals surface area contributed by atoms with Gasteiger partial charge in [0, 0.05) is 24.3 Å². The zero-order valence-electron chi connectivity index (χ0n) is 12.5. The van der Waals surface area contributed by atoms with Gasteiger partial charge in [-0.15, -0.1) is 0 Å². The second-order valence-corrected chi connectivity index (χ2v) is 4.94. The zero-order chi connectivity index (χ0) is 15.2. The van der Waals surface area contributed by atoms with E-state index in [4.69, 9.17) is 10.5 Å². The van der Waals surface area contributed by atoms with Gasteiger partial charge in [0.25, 0.3) is 0 Å². The summed E-state index contributed by atoms with van der Waals surface area (Å²) in [4.78, 5) is 2.14. The number of nitrogen functional groups attached to an aromatic ring is 1. The summed E-state index contributed by atoms with van der Waals surface area (Å²) in [5.41, 5.74) is 8.43. The van der Waals surface area contributed by atoms with Crippen LogP contribution in [0.1, 0.15) is 18.1 Å². The van der Waals surface area contributed by atoms with Crippen LogP contribution in [0.4, 0.5) is 10.1 Å². The molecule has 0 aromatic heterocycles. The molecule has 0 unspecified atom stereocenters. The average molecular weight is 288 g/mol. The second kappa shape index (κ2) is 7.09. The monoisotopic (exact) mass is 288 g/mol. The maximum atomic E-state index is 14.2. The second-order valence-electron chi connectivity index (χ2n) is 4.94. The molecule has 0 spiro atoms. The van der Waals surface area contributed by atoms with Gasteiger partial charge in [0.1, 0.15) is 0 Å². The van der Waals surface area contributed by atoms with E-state index in [-0.39, 0.29) is 11.6 Å². The molecule has 0 aliphatic carbocycles. The summed E-state index contributed by atoms with van der Waals surface area (Å²) in [5.74, 6) is -0.0118. The van der Waals surface area contributed by atoms with Crippen LogP contribution in [0.25, 0.3) is 0 Å². The first-order valence-corrected chi connectivity index (χ1v) is 7.02. The minimum Gasteiger partial charge on any atom is -0.494 e. The number of para-hydroxylation sites is 1. The van der Waals surface area contributed by atoms with E-state index >= 15 is 0 Å². The predicted octanol–water partition coefficient (Wildman–Crippen LogP) is 3.44. The Morgan fingerprint density at radius 1 is 1.05 bits per heavy atom. The highest BCUT2D eigenvalue weighted by atomic mass is 19.1. The first-order valence-electron chi connectivity index (χ1n) is 7.02. The normalized spacial score (nSPS) is 10.9. The van der Waals surface area contributed by atoms with Gasteiger partial charge in [0.2, 0.25) is 0 Å². The molecule has 0 saturated heterocycles. The molecule has 2 aromatic carbocycles. The number of benzene rings is 2. The molecule has 2 rings (SSSR count). The fraction of sp³-hybridized carbons (Fsp3) is 0.294.